The Morgan fingerprint density at radius 2 is 2.04 bits per heavy atom. The maximum Gasteiger partial charge on any atom is 0.191 e. The van der Waals surface area contributed by atoms with Crippen LogP contribution in [0.1, 0.15) is 18.4 Å². The molecular weight excluding hydrogens is 342 g/mol. The van der Waals surface area contributed by atoms with Crippen LogP contribution < -0.4 is 15.4 Å². The highest BCUT2D eigenvalue weighted by atomic mass is 35.5. The molecular formula is C18H28ClN3O3. The second kappa shape index (κ2) is 9.85. The number of nitrogens with zero attached hydrogens (tertiary/aromatic N) is 1. The molecule has 0 bridgehead atoms. The number of hydrogen-bond donors (Lipinski definition) is 2. The molecule has 1 aromatic rings. The summed E-state index contributed by atoms with van der Waals surface area (Å²) in [5.41, 5.74) is 0.999. The first-order chi connectivity index (χ1) is 12.1. The van der Waals surface area contributed by atoms with Gasteiger partial charge in [-0.25, -0.2) is 0 Å². The fourth-order valence-corrected chi connectivity index (χ4v) is 3.32. The number of aliphatic imine (C=N–C) groups is 1. The molecule has 1 heterocycles. The van der Waals surface area contributed by atoms with Crippen LogP contribution in [0.15, 0.2) is 23.2 Å². The van der Waals surface area contributed by atoms with Gasteiger partial charge in [0.25, 0.3) is 0 Å². The Bertz CT molecular complexity index is 575. The van der Waals surface area contributed by atoms with Crippen molar-refractivity contribution in [3.63, 3.8) is 0 Å². The third-order valence-electron chi connectivity index (χ3n) is 4.60. The zero-order valence-electron chi connectivity index (χ0n) is 15.2. The van der Waals surface area contributed by atoms with E-state index >= 15 is 0 Å². The molecule has 0 unspecified atom stereocenters. The summed E-state index contributed by atoms with van der Waals surface area (Å²) < 4.78 is 16.3. The maximum atomic E-state index is 6.27. The summed E-state index contributed by atoms with van der Waals surface area (Å²) in [6, 6.07) is 5.80. The van der Waals surface area contributed by atoms with E-state index in [4.69, 9.17) is 25.8 Å². The van der Waals surface area contributed by atoms with Gasteiger partial charge in [-0.1, -0.05) is 11.6 Å². The highest BCUT2D eigenvalue weighted by molar-refractivity contribution is 6.30. The van der Waals surface area contributed by atoms with Gasteiger partial charge in [-0.2, -0.15) is 0 Å². The minimum Gasteiger partial charge on any atom is -0.496 e. The number of benzene rings is 1. The van der Waals surface area contributed by atoms with Crippen LogP contribution in [0.4, 0.5) is 0 Å². The normalized spacial score (nSPS) is 17.2. The second-order valence-corrected chi connectivity index (χ2v) is 6.52. The first kappa shape index (κ1) is 19.8. The fourth-order valence-electron chi connectivity index (χ4n) is 3.14. The van der Waals surface area contributed by atoms with Crippen LogP contribution in [0.25, 0.3) is 0 Å². The van der Waals surface area contributed by atoms with Gasteiger partial charge in [-0.15, -0.1) is 0 Å². The molecule has 2 rings (SSSR count). The van der Waals surface area contributed by atoms with Gasteiger partial charge in [0, 0.05) is 56.5 Å². The van der Waals surface area contributed by atoms with E-state index in [0.717, 1.165) is 36.7 Å². The molecule has 140 valence electrons. The number of hydrogen-bond acceptors (Lipinski definition) is 4. The van der Waals surface area contributed by atoms with Crippen LogP contribution >= 0.6 is 11.6 Å². The molecule has 1 saturated heterocycles. The van der Waals surface area contributed by atoms with Crippen molar-refractivity contribution in [1.82, 2.24) is 10.6 Å². The average molecular weight is 370 g/mol. The van der Waals surface area contributed by atoms with E-state index in [9.17, 15) is 0 Å². The summed E-state index contributed by atoms with van der Waals surface area (Å²) in [7, 11) is 5.14. The summed E-state index contributed by atoms with van der Waals surface area (Å²) in [6.07, 6.45) is 1.79. The second-order valence-electron chi connectivity index (χ2n) is 6.08. The lowest BCUT2D eigenvalue weighted by Gasteiger charge is -2.39. The lowest BCUT2D eigenvalue weighted by Crippen LogP contribution is -2.48. The largest absolute Gasteiger partial charge is 0.496 e. The van der Waals surface area contributed by atoms with E-state index in [0.29, 0.717) is 31.4 Å². The van der Waals surface area contributed by atoms with Crippen molar-refractivity contribution in [2.24, 2.45) is 4.99 Å². The SMILES string of the molecule is CN=C(NCCOC)NCC1(c2cc(Cl)ccc2OC)CCOCC1. The first-order valence-electron chi connectivity index (χ1n) is 8.50. The zero-order valence-corrected chi connectivity index (χ0v) is 16.0. The fraction of sp³-hybridized carbons (Fsp3) is 0.611. The Morgan fingerprint density at radius 1 is 1.28 bits per heavy atom. The van der Waals surface area contributed by atoms with E-state index in [1.54, 1.807) is 21.3 Å². The molecule has 1 aliphatic heterocycles. The van der Waals surface area contributed by atoms with Crippen molar-refractivity contribution in [2.75, 3.05) is 54.2 Å². The number of ether oxygens (including phenoxy) is 3. The lowest BCUT2D eigenvalue weighted by molar-refractivity contribution is 0.0505. The van der Waals surface area contributed by atoms with Crippen LogP contribution in [0.5, 0.6) is 5.75 Å². The predicted octanol–water partition coefficient (Wildman–Crippen LogP) is 2.21. The Morgan fingerprint density at radius 3 is 2.68 bits per heavy atom. The molecule has 0 amide bonds. The highest BCUT2D eigenvalue weighted by Crippen LogP contribution is 2.40. The van der Waals surface area contributed by atoms with Crippen molar-refractivity contribution < 1.29 is 14.2 Å². The predicted molar refractivity (Wildman–Crippen MR) is 101 cm³/mol. The van der Waals surface area contributed by atoms with Crippen molar-refractivity contribution in [3.05, 3.63) is 28.8 Å². The van der Waals surface area contributed by atoms with E-state index in [1.807, 2.05) is 18.2 Å². The molecule has 0 saturated carbocycles. The Labute approximate surface area is 154 Å². The smallest absolute Gasteiger partial charge is 0.191 e. The molecule has 0 atom stereocenters. The Kier molecular flexibility index (Phi) is 7.81. The van der Waals surface area contributed by atoms with Crippen molar-refractivity contribution in [3.8, 4) is 5.75 Å². The van der Waals surface area contributed by atoms with Gasteiger partial charge in [0.05, 0.1) is 13.7 Å². The van der Waals surface area contributed by atoms with E-state index in [2.05, 4.69) is 15.6 Å². The molecule has 1 fully saturated rings. The van der Waals surface area contributed by atoms with Crippen LogP contribution in [0.2, 0.25) is 5.02 Å². The Balaban J connectivity index is 2.19. The number of rotatable bonds is 7. The van der Waals surface area contributed by atoms with E-state index < -0.39 is 0 Å². The van der Waals surface area contributed by atoms with Crippen LogP contribution in [0.3, 0.4) is 0 Å². The molecule has 25 heavy (non-hydrogen) atoms. The molecule has 0 aromatic heterocycles. The van der Waals surface area contributed by atoms with Gasteiger partial charge in [-0.05, 0) is 31.0 Å². The topological polar surface area (TPSA) is 64.1 Å². The summed E-state index contributed by atoms with van der Waals surface area (Å²) >= 11 is 6.27. The summed E-state index contributed by atoms with van der Waals surface area (Å²) in [5, 5.41) is 7.39. The summed E-state index contributed by atoms with van der Waals surface area (Å²) in [5.74, 6) is 1.61. The molecule has 2 N–H and O–H groups in total. The van der Waals surface area contributed by atoms with Crippen molar-refractivity contribution in [2.45, 2.75) is 18.3 Å². The Hall–Kier alpha value is -1.50. The van der Waals surface area contributed by atoms with Crippen LogP contribution in [-0.4, -0.2) is 60.1 Å². The zero-order chi connectivity index (χ0) is 18.1. The first-order valence-corrected chi connectivity index (χ1v) is 8.88. The number of methoxy groups -OCH3 is 2. The molecule has 1 aliphatic rings. The van der Waals surface area contributed by atoms with Crippen molar-refractivity contribution >= 4 is 17.6 Å². The van der Waals surface area contributed by atoms with Gasteiger partial charge in [-0.3, -0.25) is 4.99 Å². The quantitative estimate of drug-likeness (QED) is 0.438. The van der Waals surface area contributed by atoms with Gasteiger partial charge < -0.3 is 24.8 Å². The average Bonchev–Trinajstić information content (AvgIpc) is 2.65. The molecule has 6 nitrogen and oxygen atoms in total. The van der Waals surface area contributed by atoms with Gasteiger partial charge in [0.2, 0.25) is 0 Å². The number of nitrogens with one attached hydrogen (secondary N) is 2. The minimum absolute atomic E-state index is 0.118. The standard InChI is InChI=1S/C18H28ClN3O3/c1-20-17(21-8-11-23-2)22-13-18(6-9-25-10-7-18)15-12-14(19)4-5-16(15)24-3/h4-5,12H,6-11,13H2,1-3H3,(H2,20,21,22). The highest BCUT2D eigenvalue weighted by Gasteiger charge is 2.37. The summed E-state index contributed by atoms with van der Waals surface area (Å²) in [4.78, 5) is 4.28. The third-order valence-corrected chi connectivity index (χ3v) is 4.83. The minimum atomic E-state index is -0.118. The lowest BCUT2D eigenvalue weighted by atomic mass is 9.73. The van der Waals surface area contributed by atoms with Gasteiger partial charge in [0.15, 0.2) is 5.96 Å². The van der Waals surface area contributed by atoms with Gasteiger partial charge in [0.1, 0.15) is 5.75 Å². The number of halogens is 1. The maximum absolute atomic E-state index is 6.27. The van der Waals surface area contributed by atoms with Crippen molar-refractivity contribution in [1.29, 1.82) is 0 Å². The monoisotopic (exact) mass is 369 g/mol. The van der Waals surface area contributed by atoms with Crippen LogP contribution in [0, 0.1) is 0 Å². The molecule has 1 aromatic carbocycles. The van der Waals surface area contributed by atoms with Crippen LogP contribution in [-0.2, 0) is 14.9 Å². The third kappa shape index (κ3) is 5.23. The molecule has 7 heteroatoms. The summed E-state index contributed by atoms with van der Waals surface area (Å²) in [6.45, 7) is 3.48. The van der Waals surface area contributed by atoms with Gasteiger partial charge >= 0.3 is 0 Å². The molecule has 0 spiro atoms. The van der Waals surface area contributed by atoms with E-state index in [1.165, 1.54) is 0 Å². The molecule has 0 aliphatic carbocycles. The van der Waals surface area contributed by atoms with E-state index in [-0.39, 0.29) is 5.41 Å². The number of guanidine groups is 1. The molecule has 0 radical (unpaired) electrons.